The van der Waals surface area contributed by atoms with Gasteiger partial charge in [0, 0.05) is 18.0 Å². The van der Waals surface area contributed by atoms with Gasteiger partial charge < -0.3 is 9.26 Å². The van der Waals surface area contributed by atoms with Crippen molar-refractivity contribution in [2.24, 2.45) is 0 Å². The molecule has 20 heavy (non-hydrogen) atoms. The number of nitrogens with zero attached hydrogens (tertiary/aromatic N) is 2. The molecule has 2 heterocycles. The van der Waals surface area contributed by atoms with Gasteiger partial charge in [-0.1, -0.05) is 5.16 Å². The summed E-state index contributed by atoms with van der Waals surface area (Å²) in [6.07, 6.45) is 2.99. The number of aryl methyl sites for hydroxylation is 1. The van der Waals surface area contributed by atoms with Gasteiger partial charge in [-0.15, -0.1) is 0 Å². The second-order valence-corrected chi connectivity index (χ2v) is 3.88. The Labute approximate surface area is 114 Å². The van der Waals surface area contributed by atoms with Crippen molar-refractivity contribution in [3.8, 4) is 0 Å². The van der Waals surface area contributed by atoms with Crippen LogP contribution in [0.25, 0.3) is 0 Å². The Kier molecular flexibility index (Phi) is 4.09. The zero-order chi connectivity index (χ0) is 14.5. The van der Waals surface area contributed by atoms with Gasteiger partial charge in [-0.05, 0) is 26.0 Å². The summed E-state index contributed by atoms with van der Waals surface area (Å²) in [7, 11) is 0. The minimum atomic E-state index is -0.587. The van der Waals surface area contributed by atoms with Gasteiger partial charge in [0.05, 0.1) is 12.3 Å². The highest BCUT2D eigenvalue weighted by Crippen LogP contribution is 2.21. The molecule has 0 radical (unpaired) electrons. The fourth-order valence-corrected chi connectivity index (χ4v) is 1.58. The SMILES string of the molecule is CCOC(=O)c1c(C)noc1NC(=O)c1ccncc1. The predicted octanol–water partition coefficient (Wildman–Crippen LogP) is 1.81. The van der Waals surface area contributed by atoms with Gasteiger partial charge in [0.1, 0.15) is 5.56 Å². The van der Waals surface area contributed by atoms with Crippen LogP contribution in [0.3, 0.4) is 0 Å². The average Bonchev–Trinajstić information content (AvgIpc) is 2.81. The van der Waals surface area contributed by atoms with E-state index in [1.807, 2.05) is 0 Å². The molecule has 0 unspecified atom stereocenters. The topological polar surface area (TPSA) is 94.3 Å². The van der Waals surface area contributed by atoms with Crippen molar-refractivity contribution in [1.82, 2.24) is 10.1 Å². The molecule has 0 spiro atoms. The van der Waals surface area contributed by atoms with E-state index in [9.17, 15) is 9.59 Å². The molecule has 2 aromatic heterocycles. The first-order valence-corrected chi connectivity index (χ1v) is 5.98. The predicted molar refractivity (Wildman–Crippen MR) is 69.4 cm³/mol. The smallest absolute Gasteiger partial charge is 0.345 e. The van der Waals surface area contributed by atoms with E-state index in [0.29, 0.717) is 11.3 Å². The number of pyridine rings is 1. The molecule has 7 heteroatoms. The monoisotopic (exact) mass is 275 g/mol. The number of carbonyl (C=O) groups excluding carboxylic acids is 2. The third-order valence-electron chi connectivity index (χ3n) is 2.51. The fraction of sp³-hybridized carbons (Fsp3) is 0.231. The van der Waals surface area contributed by atoms with Crippen molar-refractivity contribution in [3.05, 3.63) is 41.3 Å². The fourth-order valence-electron chi connectivity index (χ4n) is 1.58. The van der Waals surface area contributed by atoms with Gasteiger partial charge in [-0.25, -0.2) is 4.79 Å². The Morgan fingerprint density at radius 3 is 2.70 bits per heavy atom. The number of hydrogen-bond acceptors (Lipinski definition) is 6. The molecule has 7 nitrogen and oxygen atoms in total. The lowest BCUT2D eigenvalue weighted by atomic mass is 10.2. The molecule has 0 aliphatic rings. The maximum absolute atomic E-state index is 12.0. The molecule has 0 saturated carbocycles. The van der Waals surface area contributed by atoms with E-state index >= 15 is 0 Å². The molecule has 0 fully saturated rings. The van der Waals surface area contributed by atoms with Gasteiger partial charge in [-0.3, -0.25) is 15.1 Å². The maximum atomic E-state index is 12.0. The van der Waals surface area contributed by atoms with Crippen molar-refractivity contribution < 1.29 is 18.8 Å². The largest absolute Gasteiger partial charge is 0.462 e. The summed E-state index contributed by atoms with van der Waals surface area (Å²) in [6, 6.07) is 3.09. The Hall–Kier alpha value is -2.70. The maximum Gasteiger partial charge on any atom is 0.345 e. The molecule has 104 valence electrons. The average molecular weight is 275 g/mol. The molecular formula is C13H13N3O4. The standard InChI is InChI=1S/C13H13N3O4/c1-3-19-13(18)10-8(2)16-20-12(10)15-11(17)9-4-6-14-7-5-9/h4-7H,3H2,1-2H3,(H,15,17). The molecule has 2 aromatic rings. The van der Waals surface area contributed by atoms with Crippen LogP contribution in [0.4, 0.5) is 5.88 Å². The molecule has 0 atom stereocenters. The second-order valence-electron chi connectivity index (χ2n) is 3.88. The summed E-state index contributed by atoms with van der Waals surface area (Å²) < 4.78 is 9.85. The van der Waals surface area contributed by atoms with E-state index in [-0.39, 0.29) is 18.1 Å². The van der Waals surface area contributed by atoms with Crippen molar-refractivity contribution in [3.63, 3.8) is 0 Å². The van der Waals surface area contributed by atoms with E-state index in [2.05, 4.69) is 15.5 Å². The lowest BCUT2D eigenvalue weighted by Crippen LogP contribution is -2.15. The van der Waals surface area contributed by atoms with Crippen LogP contribution in [0, 0.1) is 6.92 Å². The normalized spacial score (nSPS) is 10.1. The summed E-state index contributed by atoms with van der Waals surface area (Å²) in [4.78, 5) is 27.6. The van der Waals surface area contributed by atoms with Gasteiger partial charge in [-0.2, -0.15) is 0 Å². The van der Waals surface area contributed by atoms with Gasteiger partial charge in [0.15, 0.2) is 0 Å². The third-order valence-corrected chi connectivity index (χ3v) is 2.51. The van der Waals surface area contributed by atoms with Gasteiger partial charge in [0.2, 0.25) is 5.88 Å². The number of aromatic nitrogens is 2. The Morgan fingerprint density at radius 1 is 1.35 bits per heavy atom. The van der Waals surface area contributed by atoms with Crippen LogP contribution in [0.5, 0.6) is 0 Å². The number of hydrogen-bond donors (Lipinski definition) is 1. The number of ether oxygens (including phenoxy) is 1. The lowest BCUT2D eigenvalue weighted by Gasteiger charge is -2.04. The number of carbonyl (C=O) groups is 2. The number of esters is 1. The van der Waals surface area contributed by atoms with E-state index in [4.69, 9.17) is 9.26 Å². The molecule has 0 aromatic carbocycles. The molecule has 0 aliphatic carbocycles. The second kappa shape index (κ2) is 5.96. The van der Waals surface area contributed by atoms with Crippen LogP contribution in [-0.2, 0) is 4.74 Å². The van der Waals surface area contributed by atoms with E-state index < -0.39 is 11.9 Å². The summed E-state index contributed by atoms with van der Waals surface area (Å²) in [6.45, 7) is 3.51. The highest BCUT2D eigenvalue weighted by atomic mass is 16.5. The van der Waals surface area contributed by atoms with E-state index in [1.165, 1.54) is 12.4 Å². The Balaban J connectivity index is 2.22. The molecule has 0 aliphatic heterocycles. The van der Waals surface area contributed by atoms with Crippen molar-refractivity contribution in [2.75, 3.05) is 11.9 Å². The van der Waals surface area contributed by atoms with Crippen molar-refractivity contribution in [2.45, 2.75) is 13.8 Å². The zero-order valence-corrected chi connectivity index (χ0v) is 11.0. The van der Waals surface area contributed by atoms with Crippen LogP contribution >= 0.6 is 0 Å². The summed E-state index contributed by atoms with van der Waals surface area (Å²) in [5.41, 5.74) is 0.867. The minimum Gasteiger partial charge on any atom is -0.462 e. The van der Waals surface area contributed by atoms with Crippen LogP contribution in [0.1, 0.15) is 33.3 Å². The van der Waals surface area contributed by atoms with Gasteiger partial charge in [0.25, 0.3) is 5.91 Å². The summed E-state index contributed by atoms with van der Waals surface area (Å²) >= 11 is 0. The lowest BCUT2D eigenvalue weighted by molar-refractivity contribution is 0.0526. The minimum absolute atomic E-state index is 0.0252. The first kappa shape index (κ1) is 13.7. The third kappa shape index (κ3) is 2.82. The first-order chi connectivity index (χ1) is 9.63. The van der Waals surface area contributed by atoms with E-state index in [0.717, 1.165) is 0 Å². The molecule has 0 saturated heterocycles. The number of nitrogens with one attached hydrogen (secondary N) is 1. The summed E-state index contributed by atoms with van der Waals surface area (Å²) in [5.74, 6) is -1.03. The Morgan fingerprint density at radius 2 is 2.05 bits per heavy atom. The zero-order valence-electron chi connectivity index (χ0n) is 11.0. The Bertz CT molecular complexity index is 622. The number of rotatable bonds is 4. The van der Waals surface area contributed by atoms with Crippen molar-refractivity contribution >= 4 is 17.8 Å². The molecule has 0 bridgehead atoms. The quantitative estimate of drug-likeness (QED) is 0.855. The first-order valence-electron chi connectivity index (χ1n) is 5.98. The highest BCUT2D eigenvalue weighted by Gasteiger charge is 2.23. The van der Waals surface area contributed by atoms with Crippen LogP contribution in [0.15, 0.2) is 29.0 Å². The number of amides is 1. The van der Waals surface area contributed by atoms with Crippen molar-refractivity contribution in [1.29, 1.82) is 0 Å². The molecular weight excluding hydrogens is 262 g/mol. The van der Waals surface area contributed by atoms with Crippen LogP contribution in [0.2, 0.25) is 0 Å². The molecule has 2 rings (SSSR count). The highest BCUT2D eigenvalue weighted by molar-refractivity contribution is 6.07. The van der Waals surface area contributed by atoms with Crippen LogP contribution in [-0.4, -0.2) is 28.6 Å². The van der Waals surface area contributed by atoms with Gasteiger partial charge >= 0.3 is 5.97 Å². The van der Waals surface area contributed by atoms with E-state index in [1.54, 1.807) is 26.0 Å². The molecule has 1 N–H and O–H groups in total. The molecule has 1 amide bonds. The van der Waals surface area contributed by atoms with Crippen LogP contribution < -0.4 is 5.32 Å². The number of anilines is 1. The summed E-state index contributed by atoms with van der Waals surface area (Å²) in [5, 5.41) is 6.15.